The van der Waals surface area contributed by atoms with Gasteiger partial charge in [-0.2, -0.15) is 0 Å². The van der Waals surface area contributed by atoms with Crippen LogP contribution < -0.4 is 4.90 Å². The predicted molar refractivity (Wildman–Crippen MR) is 73.0 cm³/mol. The Morgan fingerprint density at radius 3 is 2.71 bits per heavy atom. The monoisotopic (exact) mass is 249 g/mol. The molecule has 0 saturated carbocycles. The molecule has 0 aliphatic carbocycles. The molecule has 0 amide bonds. The van der Waals surface area contributed by atoms with Gasteiger partial charge in [0.1, 0.15) is 0 Å². The van der Waals surface area contributed by atoms with E-state index < -0.39 is 0 Å². The van der Waals surface area contributed by atoms with Crippen LogP contribution in [0.2, 0.25) is 5.02 Å². The number of anilines is 1. The van der Waals surface area contributed by atoms with Gasteiger partial charge in [0.05, 0.1) is 0 Å². The highest BCUT2D eigenvalue weighted by Gasteiger charge is 2.17. The molecule has 1 aromatic carbocycles. The van der Waals surface area contributed by atoms with Gasteiger partial charge < -0.3 is 14.8 Å². The van der Waals surface area contributed by atoms with E-state index in [-0.39, 0.29) is 0 Å². The van der Waals surface area contributed by atoms with Crippen LogP contribution in [0.5, 0.6) is 0 Å². The lowest BCUT2D eigenvalue weighted by atomic mass is 10.2. The number of nitrogens with one attached hydrogen (secondary N) is 1. The smallest absolute Gasteiger partial charge is 0.0489 e. The molecule has 0 radical (unpaired) electrons. The topological polar surface area (TPSA) is 22.3 Å². The average Bonchev–Trinajstić information content (AvgIpc) is 2.77. The molecule has 3 rings (SSSR count). The van der Waals surface area contributed by atoms with Gasteiger partial charge in [-0.3, -0.25) is 0 Å². The summed E-state index contributed by atoms with van der Waals surface area (Å²) in [5, 5.41) is 2.06. The molecule has 1 aliphatic heterocycles. The van der Waals surface area contributed by atoms with Gasteiger partial charge in [0, 0.05) is 54.0 Å². The summed E-state index contributed by atoms with van der Waals surface area (Å²) in [5.41, 5.74) is 2.37. The lowest BCUT2D eigenvalue weighted by Gasteiger charge is -2.34. The zero-order valence-corrected chi connectivity index (χ0v) is 10.7. The number of fused-ring (bicyclic) bond motifs is 1. The molecule has 0 spiro atoms. The molecule has 1 aromatic heterocycles. The van der Waals surface area contributed by atoms with Crippen molar-refractivity contribution in [3.8, 4) is 0 Å². The van der Waals surface area contributed by atoms with Gasteiger partial charge in [-0.25, -0.2) is 0 Å². The van der Waals surface area contributed by atoms with E-state index in [4.69, 9.17) is 11.6 Å². The summed E-state index contributed by atoms with van der Waals surface area (Å²) in [4.78, 5) is 8.00. The fourth-order valence-electron chi connectivity index (χ4n) is 2.42. The van der Waals surface area contributed by atoms with Crippen molar-refractivity contribution >= 4 is 28.2 Å². The number of nitrogens with zero attached hydrogens (tertiary/aromatic N) is 2. The Bertz CT molecular complexity index is 526. The number of piperazine rings is 1. The first-order valence-corrected chi connectivity index (χ1v) is 6.32. The molecule has 4 heteroatoms. The molecule has 3 nitrogen and oxygen atoms in total. The van der Waals surface area contributed by atoms with Crippen LogP contribution in [0.1, 0.15) is 0 Å². The highest BCUT2D eigenvalue weighted by molar-refractivity contribution is 6.31. The maximum atomic E-state index is 6.17. The van der Waals surface area contributed by atoms with E-state index in [0.29, 0.717) is 0 Å². The number of halogens is 1. The molecule has 1 N–H and O–H groups in total. The van der Waals surface area contributed by atoms with Crippen LogP contribution in [-0.4, -0.2) is 43.1 Å². The Morgan fingerprint density at radius 2 is 1.94 bits per heavy atom. The number of benzene rings is 1. The SMILES string of the molecule is CN1CCN(c2cc(Cl)cc3[nH]ccc23)CC1. The summed E-state index contributed by atoms with van der Waals surface area (Å²) in [6, 6.07) is 6.18. The van der Waals surface area contributed by atoms with E-state index in [9.17, 15) is 0 Å². The van der Waals surface area contributed by atoms with E-state index in [0.717, 1.165) is 36.7 Å². The normalized spacial score (nSPS) is 17.9. The molecule has 2 heterocycles. The first-order valence-electron chi connectivity index (χ1n) is 5.94. The van der Waals surface area contributed by atoms with Crippen LogP contribution >= 0.6 is 11.6 Å². The van der Waals surface area contributed by atoms with Gasteiger partial charge in [0.25, 0.3) is 0 Å². The minimum atomic E-state index is 0.800. The minimum Gasteiger partial charge on any atom is -0.368 e. The minimum absolute atomic E-state index is 0.800. The van der Waals surface area contributed by atoms with Crippen LogP contribution in [0, 0.1) is 0 Å². The van der Waals surface area contributed by atoms with Crippen LogP contribution in [0.3, 0.4) is 0 Å². The van der Waals surface area contributed by atoms with Crippen LogP contribution in [0.25, 0.3) is 10.9 Å². The molecule has 0 bridgehead atoms. The van der Waals surface area contributed by atoms with Crippen LogP contribution in [0.4, 0.5) is 5.69 Å². The Hall–Kier alpha value is -1.19. The molecular formula is C13H16ClN3. The fraction of sp³-hybridized carbons (Fsp3) is 0.385. The van der Waals surface area contributed by atoms with Crippen molar-refractivity contribution in [1.29, 1.82) is 0 Å². The van der Waals surface area contributed by atoms with Crippen molar-refractivity contribution in [2.75, 3.05) is 38.1 Å². The largest absolute Gasteiger partial charge is 0.368 e. The zero-order valence-electron chi connectivity index (χ0n) is 9.91. The van der Waals surface area contributed by atoms with E-state index in [1.807, 2.05) is 12.3 Å². The third-order valence-corrected chi connectivity index (χ3v) is 3.67. The second kappa shape index (κ2) is 4.24. The molecule has 1 aliphatic rings. The quantitative estimate of drug-likeness (QED) is 0.839. The zero-order chi connectivity index (χ0) is 11.8. The van der Waals surface area contributed by atoms with E-state index in [1.165, 1.54) is 11.1 Å². The maximum Gasteiger partial charge on any atom is 0.0489 e. The van der Waals surface area contributed by atoms with Crippen molar-refractivity contribution in [3.05, 3.63) is 29.4 Å². The lowest BCUT2D eigenvalue weighted by molar-refractivity contribution is 0.313. The number of hydrogen-bond donors (Lipinski definition) is 1. The van der Waals surface area contributed by atoms with Crippen LogP contribution in [0.15, 0.2) is 24.4 Å². The van der Waals surface area contributed by atoms with Crippen molar-refractivity contribution < 1.29 is 0 Å². The molecule has 90 valence electrons. The fourth-order valence-corrected chi connectivity index (χ4v) is 2.63. The van der Waals surface area contributed by atoms with Crippen molar-refractivity contribution in [1.82, 2.24) is 9.88 Å². The summed E-state index contributed by atoms with van der Waals surface area (Å²) in [7, 11) is 2.17. The molecule has 2 aromatic rings. The highest BCUT2D eigenvalue weighted by Crippen LogP contribution is 2.30. The highest BCUT2D eigenvalue weighted by atomic mass is 35.5. The number of aromatic nitrogens is 1. The summed E-state index contributed by atoms with van der Waals surface area (Å²) in [5.74, 6) is 0. The number of hydrogen-bond acceptors (Lipinski definition) is 2. The van der Waals surface area contributed by atoms with Gasteiger partial charge in [-0.1, -0.05) is 11.6 Å². The van der Waals surface area contributed by atoms with Crippen LogP contribution in [-0.2, 0) is 0 Å². The Balaban J connectivity index is 2.01. The number of aromatic amines is 1. The molecule has 1 fully saturated rings. The summed E-state index contributed by atoms with van der Waals surface area (Å²) in [6.45, 7) is 4.35. The predicted octanol–water partition coefficient (Wildman–Crippen LogP) is 2.57. The summed E-state index contributed by atoms with van der Waals surface area (Å²) >= 11 is 6.17. The van der Waals surface area contributed by atoms with Gasteiger partial charge >= 0.3 is 0 Å². The van der Waals surface area contributed by atoms with E-state index >= 15 is 0 Å². The average molecular weight is 250 g/mol. The van der Waals surface area contributed by atoms with Crippen molar-refractivity contribution in [2.24, 2.45) is 0 Å². The van der Waals surface area contributed by atoms with Crippen molar-refractivity contribution in [2.45, 2.75) is 0 Å². The third-order valence-electron chi connectivity index (χ3n) is 3.46. The lowest BCUT2D eigenvalue weighted by Crippen LogP contribution is -2.44. The van der Waals surface area contributed by atoms with Gasteiger partial charge in [-0.15, -0.1) is 0 Å². The van der Waals surface area contributed by atoms with Crippen molar-refractivity contribution in [3.63, 3.8) is 0 Å². The van der Waals surface area contributed by atoms with Gasteiger partial charge in [0.2, 0.25) is 0 Å². The second-order valence-corrected chi connectivity index (χ2v) is 5.09. The molecule has 1 saturated heterocycles. The Labute approximate surface area is 106 Å². The summed E-state index contributed by atoms with van der Waals surface area (Å²) in [6.07, 6.45) is 1.97. The van der Waals surface area contributed by atoms with E-state index in [1.54, 1.807) is 0 Å². The van der Waals surface area contributed by atoms with E-state index in [2.05, 4.69) is 34.0 Å². The standard InChI is InChI=1S/C13H16ClN3/c1-16-4-6-17(7-5-16)13-9-10(14)8-12-11(13)2-3-15-12/h2-3,8-9,15H,4-7H2,1H3. The second-order valence-electron chi connectivity index (χ2n) is 4.65. The first kappa shape index (κ1) is 10.9. The Morgan fingerprint density at radius 1 is 1.18 bits per heavy atom. The molecular weight excluding hydrogens is 234 g/mol. The Kier molecular flexibility index (Phi) is 2.73. The molecule has 17 heavy (non-hydrogen) atoms. The number of rotatable bonds is 1. The molecule has 0 unspecified atom stereocenters. The number of H-pyrrole nitrogens is 1. The third kappa shape index (κ3) is 2.01. The first-order chi connectivity index (χ1) is 8.24. The summed E-state index contributed by atoms with van der Waals surface area (Å²) < 4.78 is 0. The van der Waals surface area contributed by atoms with Gasteiger partial charge in [-0.05, 0) is 25.2 Å². The van der Waals surface area contributed by atoms with Gasteiger partial charge in [0.15, 0.2) is 0 Å². The number of likely N-dealkylation sites (N-methyl/N-ethyl adjacent to an activating group) is 1. The maximum absolute atomic E-state index is 6.17. The molecule has 0 atom stereocenters.